The summed E-state index contributed by atoms with van der Waals surface area (Å²) in [5, 5.41) is 20.3. The molecule has 0 saturated heterocycles. The monoisotopic (exact) mass is 331 g/mol. The molecule has 1 aromatic heterocycles. The summed E-state index contributed by atoms with van der Waals surface area (Å²) in [5.74, 6) is -0.562. The van der Waals surface area contributed by atoms with Crippen molar-refractivity contribution in [3.8, 4) is 22.8 Å². The van der Waals surface area contributed by atoms with Crippen molar-refractivity contribution in [3.05, 3.63) is 35.0 Å². The van der Waals surface area contributed by atoms with Crippen LogP contribution in [0.15, 0.2) is 28.7 Å². The largest absolute Gasteiger partial charge is 0.502 e. The first kappa shape index (κ1) is 15.7. The summed E-state index contributed by atoms with van der Waals surface area (Å²) in [7, 11) is -2.74. The molecule has 0 aliphatic heterocycles. The van der Waals surface area contributed by atoms with E-state index in [0.29, 0.717) is 10.6 Å². The van der Waals surface area contributed by atoms with E-state index in [2.05, 4.69) is 4.72 Å². The Morgan fingerprint density at radius 2 is 1.86 bits per heavy atom. The van der Waals surface area contributed by atoms with Crippen LogP contribution in [0.2, 0.25) is 5.02 Å². The van der Waals surface area contributed by atoms with Crippen LogP contribution in [0.25, 0.3) is 11.3 Å². The summed E-state index contributed by atoms with van der Waals surface area (Å²) in [6, 6.07) is 6.06. The molecule has 0 bridgehead atoms. The van der Waals surface area contributed by atoms with Crippen LogP contribution in [0.5, 0.6) is 11.5 Å². The highest BCUT2D eigenvalue weighted by molar-refractivity contribution is 7.70. The fraction of sp³-hybridized carbons (Fsp3) is 0.231. The first-order chi connectivity index (χ1) is 9.88. The van der Waals surface area contributed by atoms with Crippen LogP contribution in [-0.2, 0) is 17.3 Å². The van der Waals surface area contributed by atoms with E-state index in [1.54, 1.807) is 31.2 Å². The predicted octanol–water partition coefficient (Wildman–Crippen LogP) is 2.06. The van der Waals surface area contributed by atoms with Gasteiger partial charge in [0.05, 0.1) is 0 Å². The number of hydrogen-bond donors (Lipinski definition) is 4. The van der Waals surface area contributed by atoms with Crippen molar-refractivity contribution >= 4 is 22.5 Å². The molecule has 1 atom stereocenters. The number of furan rings is 1. The lowest BCUT2D eigenvalue weighted by atomic mass is 10.1. The molecule has 3 N–H and O–H groups in total. The van der Waals surface area contributed by atoms with Gasteiger partial charge in [0.2, 0.25) is 22.4 Å². The molecule has 21 heavy (non-hydrogen) atoms. The van der Waals surface area contributed by atoms with Crippen molar-refractivity contribution in [2.24, 2.45) is 0 Å². The molecule has 6 nitrogen and oxygen atoms in total. The maximum atomic E-state index is 10.6. The Morgan fingerprint density at radius 1 is 1.24 bits per heavy atom. The molecular formula is C13H14ClNO5S. The van der Waals surface area contributed by atoms with Crippen LogP contribution >= 0.6 is 11.6 Å². The molecule has 0 saturated carbocycles. The summed E-state index contributed by atoms with van der Waals surface area (Å²) >= 11 is 5.78. The van der Waals surface area contributed by atoms with E-state index in [-0.39, 0.29) is 23.7 Å². The van der Waals surface area contributed by atoms with E-state index in [1.807, 2.05) is 0 Å². The van der Waals surface area contributed by atoms with Crippen molar-refractivity contribution in [3.63, 3.8) is 0 Å². The number of rotatable bonds is 5. The minimum atomic E-state index is -2.74. The minimum absolute atomic E-state index is 0.106. The molecule has 0 radical (unpaired) electrons. The predicted molar refractivity (Wildman–Crippen MR) is 79.1 cm³/mol. The number of hydrogen-bond acceptors (Lipinski definition) is 5. The van der Waals surface area contributed by atoms with Crippen molar-refractivity contribution in [1.29, 1.82) is 0 Å². The maximum absolute atomic E-state index is 10.6. The van der Waals surface area contributed by atoms with Gasteiger partial charge in [-0.05, 0) is 31.2 Å². The second-order valence-electron chi connectivity index (χ2n) is 4.55. The third-order valence-electron chi connectivity index (χ3n) is 2.85. The standard InChI is InChI=1S/C13H14ClNO5S/c1-7(15-21(18)19)6-10-11(16)12(17)13(20-10)8-2-4-9(14)5-3-8/h2-5,7,16-17,21H,6H2,1H3,(H,15,18,19). The summed E-state index contributed by atoms with van der Waals surface area (Å²) in [6.45, 7) is 1.62. The third kappa shape index (κ3) is 3.69. The minimum Gasteiger partial charge on any atom is -0.502 e. The molecule has 2 rings (SSSR count). The Hall–Kier alpha value is -1.70. The first-order valence-corrected chi connectivity index (χ1v) is 7.64. The van der Waals surface area contributed by atoms with Gasteiger partial charge < -0.3 is 14.6 Å². The lowest BCUT2D eigenvalue weighted by molar-refractivity contribution is 0.399. The quantitative estimate of drug-likeness (QED) is 0.628. The molecule has 0 aliphatic carbocycles. The average Bonchev–Trinajstić information content (AvgIpc) is 2.67. The van der Waals surface area contributed by atoms with E-state index < -0.39 is 22.7 Å². The Labute approximate surface area is 128 Å². The highest BCUT2D eigenvalue weighted by atomic mass is 35.5. The van der Waals surface area contributed by atoms with Gasteiger partial charge in [-0.2, -0.15) is 0 Å². The highest BCUT2D eigenvalue weighted by Gasteiger charge is 2.22. The third-order valence-corrected chi connectivity index (χ3v) is 3.76. The van der Waals surface area contributed by atoms with Gasteiger partial charge in [0, 0.05) is 23.0 Å². The van der Waals surface area contributed by atoms with Gasteiger partial charge in [0.25, 0.3) is 0 Å². The van der Waals surface area contributed by atoms with Gasteiger partial charge in [-0.25, -0.2) is 13.1 Å². The topological polar surface area (TPSA) is 99.8 Å². The Kier molecular flexibility index (Phi) is 4.76. The van der Waals surface area contributed by atoms with Gasteiger partial charge in [0.1, 0.15) is 0 Å². The van der Waals surface area contributed by atoms with Crippen LogP contribution in [0.3, 0.4) is 0 Å². The number of nitrogens with one attached hydrogen (secondary N) is 1. The van der Waals surface area contributed by atoms with Gasteiger partial charge in [0.15, 0.2) is 11.5 Å². The molecule has 1 heterocycles. The van der Waals surface area contributed by atoms with Crippen molar-refractivity contribution in [2.45, 2.75) is 19.4 Å². The number of benzene rings is 1. The van der Waals surface area contributed by atoms with E-state index >= 15 is 0 Å². The lowest BCUT2D eigenvalue weighted by Gasteiger charge is -2.06. The lowest BCUT2D eigenvalue weighted by Crippen LogP contribution is -2.26. The zero-order chi connectivity index (χ0) is 15.6. The molecule has 114 valence electrons. The zero-order valence-corrected chi connectivity index (χ0v) is 12.7. The van der Waals surface area contributed by atoms with Crippen molar-refractivity contribution in [1.82, 2.24) is 4.72 Å². The normalized spacial score (nSPS) is 12.7. The number of aromatic hydroxyl groups is 2. The van der Waals surface area contributed by atoms with E-state index in [1.165, 1.54) is 0 Å². The second kappa shape index (κ2) is 6.38. The van der Waals surface area contributed by atoms with Crippen molar-refractivity contribution in [2.75, 3.05) is 0 Å². The molecule has 2 aromatic rings. The molecule has 1 aromatic carbocycles. The van der Waals surface area contributed by atoms with E-state index in [0.717, 1.165) is 0 Å². The van der Waals surface area contributed by atoms with Crippen molar-refractivity contribution < 1.29 is 23.0 Å². The zero-order valence-electron chi connectivity index (χ0n) is 11.0. The summed E-state index contributed by atoms with van der Waals surface area (Å²) in [5.41, 5.74) is 0.550. The van der Waals surface area contributed by atoms with Crippen LogP contribution in [0.4, 0.5) is 0 Å². The van der Waals surface area contributed by atoms with Gasteiger partial charge in [-0.15, -0.1) is 0 Å². The van der Waals surface area contributed by atoms with Crippen LogP contribution in [-0.4, -0.2) is 24.7 Å². The number of halogens is 1. The Balaban J connectivity index is 2.30. The Morgan fingerprint density at radius 3 is 2.43 bits per heavy atom. The molecule has 0 fully saturated rings. The molecule has 0 spiro atoms. The smallest absolute Gasteiger partial charge is 0.205 e. The second-order valence-corrected chi connectivity index (χ2v) is 5.76. The van der Waals surface area contributed by atoms with E-state index in [9.17, 15) is 18.6 Å². The van der Waals surface area contributed by atoms with Gasteiger partial charge in [-0.1, -0.05) is 11.6 Å². The van der Waals surface area contributed by atoms with Crippen LogP contribution in [0, 0.1) is 0 Å². The summed E-state index contributed by atoms with van der Waals surface area (Å²) < 4.78 is 28.9. The maximum Gasteiger partial charge on any atom is 0.205 e. The molecular weight excluding hydrogens is 318 g/mol. The molecule has 0 aliphatic rings. The average molecular weight is 332 g/mol. The van der Waals surface area contributed by atoms with Crippen LogP contribution in [0.1, 0.15) is 12.7 Å². The Bertz CT molecular complexity index is 700. The molecule has 0 amide bonds. The summed E-state index contributed by atoms with van der Waals surface area (Å²) in [4.78, 5) is 0. The molecule has 8 heteroatoms. The number of thiol groups is 1. The fourth-order valence-electron chi connectivity index (χ4n) is 1.90. The molecule has 1 unspecified atom stereocenters. The highest BCUT2D eigenvalue weighted by Crippen LogP contribution is 2.42. The fourth-order valence-corrected chi connectivity index (χ4v) is 2.48. The SMILES string of the molecule is CC(Cc1oc(-c2ccc(Cl)cc2)c(O)c1O)N[SH](=O)=O. The van der Waals surface area contributed by atoms with Crippen LogP contribution < -0.4 is 4.72 Å². The van der Waals surface area contributed by atoms with Gasteiger partial charge >= 0.3 is 0 Å². The van der Waals surface area contributed by atoms with Gasteiger partial charge in [-0.3, -0.25) is 0 Å². The van der Waals surface area contributed by atoms with E-state index in [4.69, 9.17) is 16.0 Å². The first-order valence-electron chi connectivity index (χ1n) is 6.08. The summed E-state index contributed by atoms with van der Waals surface area (Å²) in [6.07, 6.45) is 0.107.